The predicted octanol–water partition coefficient (Wildman–Crippen LogP) is 2.97. The molecule has 35 heavy (non-hydrogen) atoms. The van der Waals surface area contributed by atoms with Crippen molar-refractivity contribution in [2.75, 3.05) is 45.2 Å². The molecule has 1 fully saturated rings. The van der Waals surface area contributed by atoms with Crippen LogP contribution in [-0.4, -0.2) is 61.0 Å². The number of hydrogen-bond donors (Lipinski definition) is 2. The number of piperazine rings is 1. The number of benzene rings is 2. The topological polar surface area (TPSA) is 73.0 Å². The molecule has 3 N–H and O–H groups in total. The maximum atomic E-state index is 6.95. The Kier molecular flexibility index (Phi) is 6.42. The van der Waals surface area contributed by atoms with Crippen LogP contribution in [-0.2, 0) is 12.1 Å². The molecule has 1 saturated heterocycles. The number of aliphatic imine (C=N–C) groups is 1. The van der Waals surface area contributed by atoms with Crippen LogP contribution in [0.2, 0.25) is 0 Å². The van der Waals surface area contributed by atoms with Crippen LogP contribution in [0.5, 0.6) is 0 Å². The summed E-state index contributed by atoms with van der Waals surface area (Å²) in [5.74, 6) is 2.77. The monoisotopic (exact) mass is 467 g/mol. The average molecular weight is 468 g/mol. The van der Waals surface area contributed by atoms with Crippen LogP contribution in [0.4, 0.5) is 5.82 Å². The van der Waals surface area contributed by atoms with Crippen molar-refractivity contribution in [1.29, 1.82) is 0 Å². The van der Waals surface area contributed by atoms with Crippen molar-refractivity contribution < 1.29 is 0 Å². The van der Waals surface area contributed by atoms with Gasteiger partial charge in [0.25, 0.3) is 0 Å². The van der Waals surface area contributed by atoms with Gasteiger partial charge in [0.05, 0.1) is 0 Å². The Morgan fingerprint density at radius 2 is 1.51 bits per heavy atom. The lowest BCUT2D eigenvalue weighted by Crippen LogP contribution is -2.56. The van der Waals surface area contributed by atoms with Gasteiger partial charge in [-0.3, -0.25) is 5.73 Å². The third kappa shape index (κ3) is 5.15. The van der Waals surface area contributed by atoms with Gasteiger partial charge in [-0.25, -0.2) is 9.98 Å². The van der Waals surface area contributed by atoms with Gasteiger partial charge < -0.3 is 20.0 Å². The molecule has 3 aromatic rings. The summed E-state index contributed by atoms with van der Waals surface area (Å²) in [5, 5.41) is 3.50. The summed E-state index contributed by atoms with van der Waals surface area (Å²) in [7, 11) is 4.04. The summed E-state index contributed by atoms with van der Waals surface area (Å²) in [6.45, 7) is 3.44. The number of nitrogens with zero attached hydrogens (tertiary/aromatic N) is 5. The summed E-state index contributed by atoms with van der Waals surface area (Å²) in [6, 6.07) is 25.1. The fraction of sp³-hybridized carbons (Fsp3) is 0.286. The molecule has 2 aliphatic rings. The second-order valence-electron chi connectivity index (χ2n) is 9.33. The smallest absolute Gasteiger partial charge is 0.202 e. The Morgan fingerprint density at radius 1 is 0.857 bits per heavy atom. The number of aromatic nitrogens is 1. The van der Waals surface area contributed by atoms with Gasteiger partial charge in [0.2, 0.25) is 5.96 Å². The van der Waals surface area contributed by atoms with Crippen LogP contribution >= 0.6 is 0 Å². The summed E-state index contributed by atoms with van der Waals surface area (Å²) >= 11 is 0. The molecular weight excluding hydrogens is 434 g/mol. The van der Waals surface area contributed by atoms with Crippen LogP contribution in [0.3, 0.4) is 0 Å². The maximum Gasteiger partial charge on any atom is 0.202 e. The molecule has 3 heterocycles. The largest absolute Gasteiger partial charge is 0.364 e. The molecule has 0 saturated carbocycles. The number of guanidine groups is 1. The quantitative estimate of drug-likeness (QED) is 0.601. The number of hydrogen-bond acceptors (Lipinski definition) is 7. The minimum atomic E-state index is -0.941. The van der Waals surface area contributed by atoms with E-state index in [0.717, 1.165) is 55.8 Å². The molecule has 0 radical (unpaired) electrons. The lowest BCUT2D eigenvalue weighted by atomic mass is 9.96. The Hall–Kier alpha value is -3.84. The second kappa shape index (κ2) is 9.80. The SMILES string of the molecule is CN(C)C1=CC(N)(c2ccc(Cc3ccccc3)cc2)N=C(N2CCN(c3ccccn3)CC2)N1. The zero-order chi connectivity index (χ0) is 24.3. The fourth-order valence-electron chi connectivity index (χ4n) is 4.54. The van der Waals surface area contributed by atoms with Crippen molar-refractivity contribution in [3.63, 3.8) is 0 Å². The van der Waals surface area contributed by atoms with E-state index in [-0.39, 0.29) is 0 Å². The maximum absolute atomic E-state index is 6.95. The lowest BCUT2D eigenvalue weighted by molar-refractivity contribution is 0.352. The predicted molar refractivity (Wildman–Crippen MR) is 142 cm³/mol. The van der Waals surface area contributed by atoms with Crippen molar-refractivity contribution in [3.8, 4) is 0 Å². The highest BCUT2D eigenvalue weighted by Crippen LogP contribution is 2.28. The average Bonchev–Trinajstić information content (AvgIpc) is 2.90. The molecular formula is C28H33N7. The Labute approximate surface area is 207 Å². The standard InChI is InChI=1S/C28H33N7/c1-33(2)26-21-28(29,24-13-11-23(12-14-24)20-22-8-4-3-5-9-22)32-27(31-26)35-18-16-34(17-19-35)25-10-6-7-15-30-25/h3-15,21H,16-20,29H2,1-2H3,(H,31,32). The molecule has 2 aliphatic heterocycles. The molecule has 0 spiro atoms. The molecule has 0 bridgehead atoms. The van der Waals surface area contributed by atoms with E-state index in [1.165, 1.54) is 11.1 Å². The number of anilines is 1. The summed E-state index contributed by atoms with van der Waals surface area (Å²) in [6.07, 6.45) is 4.75. The molecule has 1 atom stereocenters. The first kappa shape index (κ1) is 22.9. The van der Waals surface area contributed by atoms with E-state index in [1.807, 2.05) is 49.5 Å². The van der Waals surface area contributed by atoms with Crippen LogP contribution < -0.4 is 16.0 Å². The van der Waals surface area contributed by atoms with Crippen LogP contribution in [0.15, 0.2) is 95.9 Å². The van der Waals surface area contributed by atoms with E-state index in [4.69, 9.17) is 10.7 Å². The number of pyridine rings is 1. The van der Waals surface area contributed by atoms with E-state index in [0.29, 0.717) is 0 Å². The third-order valence-electron chi connectivity index (χ3n) is 6.59. The van der Waals surface area contributed by atoms with Gasteiger partial charge >= 0.3 is 0 Å². The highest BCUT2D eigenvalue weighted by atomic mass is 15.4. The molecule has 7 heteroatoms. The highest BCUT2D eigenvalue weighted by molar-refractivity contribution is 5.83. The normalized spacial score (nSPS) is 20.1. The van der Waals surface area contributed by atoms with Crippen LogP contribution in [0.1, 0.15) is 16.7 Å². The summed E-state index contributed by atoms with van der Waals surface area (Å²) < 4.78 is 0. The number of nitrogens with two attached hydrogens (primary N) is 1. The molecule has 2 aromatic carbocycles. The first-order valence-corrected chi connectivity index (χ1v) is 12.1. The van der Waals surface area contributed by atoms with Crippen molar-refractivity contribution in [3.05, 3.63) is 108 Å². The van der Waals surface area contributed by atoms with Crippen molar-refractivity contribution in [2.24, 2.45) is 10.7 Å². The number of rotatable bonds is 5. The fourth-order valence-corrected chi connectivity index (χ4v) is 4.54. The van der Waals surface area contributed by atoms with E-state index < -0.39 is 5.66 Å². The van der Waals surface area contributed by atoms with Gasteiger partial charge in [-0.05, 0) is 35.2 Å². The molecule has 5 rings (SSSR count). The Balaban J connectivity index is 1.35. The van der Waals surface area contributed by atoms with Crippen molar-refractivity contribution in [1.82, 2.24) is 20.1 Å². The minimum Gasteiger partial charge on any atom is -0.364 e. The van der Waals surface area contributed by atoms with Crippen LogP contribution in [0, 0.1) is 0 Å². The Morgan fingerprint density at radius 3 is 2.17 bits per heavy atom. The van der Waals surface area contributed by atoms with Gasteiger partial charge in [-0.15, -0.1) is 0 Å². The van der Waals surface area contributed by atoms with Gasteiger partial charge in [-0.1, -0.05) is 60.7 Å². The zero-order valence-electron chi connectivity index (χ0n) is 20.4. The van der Waals surface area contributed by atoms with Gasteiger partial charge in [-0.2, -0.15) is 0 Å². The number of nitrogens with one attached hydrogen (secondary N) is 1. The molecule has 180 valence electrons. The lowest BCUT2D eigenvalue weighted by Gasteiger charge is -2.41. The van der Waals surface area contributed by atoms with Gasteiger partial charge in [0.1, 0.15) is 11.6 Å². The first-order chi connectivity index (χ1) is 17.0. The molecule has 1 unspecified atom stereocenters. The van der Waals surface area contributed by atoms with Gasteiger partial charge in [0.15, 0.2) is 5.66 Å². The Bertz CT molecular complexity index is 1180. The van der Waals surface area contributed by atoms with E-state index in [2.05, 4.69) is 74.7 Å². The van der Waals surface area contributed by atoms with Crippen molar-refractivity contribution in [2.45, 2.75) is 12.1 Å². The molecule has 0 amide bonds. The van der Waals surface area contributed by atoms with Crippen LogP contribution in [0.25, 0.3) is 0 Å². The van der Waals surface area contributed by atoms with Gasteiger partial charge in [0, 0.05) is 52.5 Å². The van der Waals surface area contributed by atoms with E-state index in [9.17, 15) is 0 Å². The minimum absolute atomic E-state index is 0.813. The van der Waals surface area contributed by atoms with E-state index >= 15 is 0 Å². The first-order valence-electron chi connectivity index (χ1n) is 12.1. The van der Waals surface area contributed by atoms with E-state index in [1.54, 1.807) is 0 Å². The molecule has 7 nitrogen and oxygen atoms in total. The summed E-state index contributed by atoms with van der Waals surface area (Å²) in [5.41, 5.74) is 9.53. The summed E-state index contributed by atoms with van der Waals surface area (Å²) in [4.78, 5) is 16.2. The zero-order valence-corrected chi connectivity index (χ0v) is 20.4. The van der Waals surface area contributed by atoms with Crippen molar-refractivity contribution >= 4 is 11.8 Å². The highest BCUT2D eigenvalue weighted by Gasteiger charge is 2.33. The third-order valence-corrected chi connectivity index (χ3v) is 6.59. The molecule has 0 aliphatic carbocycles. The molecule has 1 aromatic heterocycles. The second-order valence-corrected chi connectivity index (χ2v) is 9.33.